The van der Waals surface area contributed by atoms with Crippen LogP contribution in [0.4, 0.5) is 0 Å². The number of rotatable bonds is 1. The molecule has 0 heterocycles. The third kappa shape index (κ3) is 1.48. The van der Waals surface area contributed by atoms with Crippen LogP contribution < -0.4 is 0 Å². The molecular weight excluding hydrogens is 196 g/mol. The number of aliphatic hydroxyl groups excluding tert-OH is 1. The van der Waals surface area contributed by atoms with Crippen molar-refractivity contribution in [1.29, 1.82) is 0 Å². The molecule has 1 fully saturated rings. The van der Waals surface area contributed by atoms with Crippen LogP contribution in [0.2, 0.25) is 0 Å². The highest BCUT2D eigenvalue weighted by Gasteiger charge is 2.55. The van der Waals surface area contributed by atoms with Crippen molar-refractivity contribution >= 4 is 0 Å². The molecular formula is C15H26O. The van der Waals surface area contributed by atoms with Gasteiger partial charge in [-0.2, -0.15) is 0 Å². The summed E-state index contributed by atoms with van der Waals surface area (Å²) in [6.45, 7) is 9.02. The molecule has 1 N–H and O–H groups in total. The van der Waals surface area contributed by atoms with E-state index in [1.807, 2.05) is 0 Å². The van der Waals surface area contributed by atoms with Gasteiger partial charge in [0.05, 0.1) is 6.10 Å². The van der Waals surface area contributed by atoms with Crippen LogP contribution >= 0.6 is 0 Å². The summed E-state index contributed by atoms with van der Waals surface area (Å²) in [6, 6.07) is 0. The predicted molar refractivity (Wildman–Crippen MR) is 68.2 cm³/mol. The molecule has 0 aromatic heterocycles. The molecule has 0 unspecified atom stereocenters. The Labute approximate surface area is 99.9 Å². The highest BCUT2D eigenvalue weighted by molar-refractivity contribution is 5.14. The second-order valence-corrected chi connectivity index (χ2v) is 6.57. The number of fused-ring (bicyclic) bond motifs is 1. The van der Waals surface area contributed by atoms with E-state index in [-0.39, 0.29) is 16.9 Å². The summed E-state index contributed by atoms with van der Waals surface area (Å²) < 4.78 is 0. The molecule has 4 atom stereocenters. The lowest BCUT2D eigenvalue weighted by molar-refractivity contribution is -0.0876. The summed E-state index contributed by atoms with van der Waals surface area (Å²) in [7, 11) is 0. The first-order valence-electron chi connectivity index (χ1n) is 6.80. The van der Waals surface area contributed by atoms with E-state index in [1.54, 1.807) is 0 Å². The number of aliphatic hydroxyl groups is 1. The molecule has 2 aliphatic carbocycles. The van der Waals surface area contributed by atoms with Crippen molar-refractivity contribution in [3.8, 4) is 0 Å². The molecule has 0 spiro atoms. The van der Waals surface area contributed by atoms with E-state index < -0.39 is 0 Å². The molecule has 0 aliphatic heterocycles. The molecule has 92 valence electrons. The first kappa shape index (κ1) is 12.2. The van der Waals surface area contributed by atoms with Gasteiger partial charge in [0.25, 0.3) is 0 Å². The molecule has 0 radical (unpaired) electrons. The quantitative estimate of drug-likeness (QED) is 0.669. The van der Waals surface area contributed by atoms with E-state index in [1.165, 1.54) is 12.8 Å². The van der Waals surface area contributed by atoms with Gasteiger partial charge in [0.15, 0.2) is 0 Å². The highest BCUT2D eigenvalue weighted by Crippen LogP contribution is 2.58. The van der Waals surface area contributed by atoms with Crippen LogP contribution in [0.5, 0.6) is 0 Å². The van der Waals surface area contributed by atoms with E-state index >= 15 is 0 Å². The van der Waals surface area contributed by atoms with E-state index in [4.69, 9.17) is 0 Å². The highest BCUT2D eigenvalue weighted by atomic mass is 16.3. The molecule has 1 nitrogen and oxygen atoms in total. The van der Waals surface area contributed by atoms with Crippen LogP contribution in [0.3, 0.4) is 0 Å². The third-order valence-electron chi connectivity index (χ3n) is 5.39. The first-order valence-corrected chi connectivity index (χ1v) is 6.80. The van der Waals surface area contributed by atoms with Crippen molar-refractivity contribution in [2.75, 3.05) is 0 Å². The molecule has 2 aliphatic rings. The van der Waals surface area contributed by atoms with Gasteiger partial charge in [0.2, 0.25) is 0 Å². The van der Waals surface area contributed by atoms with Crippen LogP contribution in [0.1, 0.15) is 53.4 Å². The average molecular weight is 222 g/mol. The molecule has 0 amide bonds. The molecule has 1 heteroatoms. The summed E-state index contributed by atoms with van der Waals surface area (Å²) in [5, 5.41) is 10.9. The Balaban J connectivity index is 2.45. The van der Waals surface area contributed by atoms with E-state index in [2.05, 4.69) is 39.8 Å². The normalized spacial score (nSPS) is 46.4. The smallest absolute Gasteiger partial charge is 0.0658 e. The van der Waals surface area contributed by atoms with Gasteiger partial charge in [-0.1, -0.05) is 39.8 Å². The Morgan fingerprint density at radius 2 is 2.00 bits per heavy atom. The zero-order valence-electron chi connectivity index (χ0n) is 11.2. The third-order valence-corrected chi connectivity index (χ3v) is 5.39. The maximum Gasteiger partial charge on any atom is 0.0658 e. The molecule has 0 saturated heterocycles. The van der Waals surface area contributed by atoms with E-state index in [9.17, 15) is 5.11 Å². The first-order chi connectivity index (χ1) is 7.45. The maximum atomic E-state index is 10.9. The second-order valence-electron chi connectivity index (χ2n) is 6.57. The SMILES string of the molecule is CC[C@]12[C@H](C)CC[C@@H]1C=CCC(C)(C)[C@@H]2O. The average Bonchev–Trinajstić information content (AvgIpc) is 2.50. The van der Waals surface area contributed by atoms with E-state index in [0.717, 1.165) is 12.8 Å². The molecule has 0 bridgehead atoms. The summed E-state index contributed by atoms with van der Waals surface area (Å²) in [5.74, 6) is 1.25. The van der Waals surface area contributed by atoms with Crippen LogP contribution in [0.15, 0.2) is 12.2 Å². The fourth-order valence-corrected chi connectivity index (χ4v) is 4.26. The van der Waals surface area contributed by atoms with Gasteiger partial charge in [-0.15, -0.1) is 0 Å². The van der Waals surface area contributed by atoms with Crippen molar-refractivity contribution in [3.63, 3.8) is 0 Å². The Bertz CT molecular complexity index is 292. The lowest BCUT2D eigenvalue weighted by atomic mass is 9.61. The van der Waals surface area contributed by atoms with Crippen molar-refractivity contribution in [2.45, 2.75) is 59.5 Å². The molecule has 16 heavy (non-hydrogen) atoms. The summed E-state index contributed by atoms with van der Waals surface area (Å²) in [4.78, 5) is 0. The van der Waals surface area contributed by atoms with Crippen LogP contribution in [-0.2, 0) is 0 Å². The zero-order chi connectivity index (χ0) is 12.0. The minimum absolute atomic E-state index is 0.0276. The minimum atomic E-state index is -0.164. The second kappa shape index (κ2) is 3.87. The topological polar surface area (TPSA) is 20.2 Å². The van der Waals surface area contributed by atoms with Gasteiger partial charge in [-0.3, -0.25) is 0 Å². The van der Waals surface area contributed by atoms with Crippen molar-refractivity contribution < 1.29 is 5.11 Å². The van der Waals surface area contributed by atoms with Gasteiger partial charge in [0.1, 0.15) is 0 Å². The summed E-state index contributed by atoms with van der Waals surface area (Å²) in [6.07, 6.45) is 9.19. The molecule has 2 rings (SSSR count). The summed E-state index contributed by atoms with van der Waals surface area (Å²) in [5.41, 5.74) is 0.163. The lowest BCUT2D eigenvalue weighted by Crippen LogP contribution is -2.48. The monoisotopic (exact) mass is 222 g/mol. The Hall–Kier alpha value is -0.300. The van der Waals surface area contributed by atoms with Gasteiger partial charge in [-0.05, 0) is 42.9 Å². The standard InChI is InChI=1S/C15H26O/c1-5-15-11(2)8-9-12(15)7-6-10-14(3,4)13(15)16/h6-7,11-13,16H,5,8-10H2,1-4H3/t11-,12+,13+,15+/m1/s1. The van der Waals surface area contributed by atoms with Crippen molar-refractivity contribution in [3.05, 3.63) is 12.2 Å². The van der Waals surface area contributed by atoms with Crippen molar-refractivity contribution in [2.24, 2.45) is 22.7 Å². The zero-order valence-corrected chi connectivity index (χ0v) is 11.2. The van der Waals surface area contributed by atoms with Crippen LogP contribution in [0.25, 0.3) is 0 Å². The van der Waals surface area contributed by atoms with Crippen molar-refractivity contribution in [1.82, 2.24) is 0 Å². The van der Waals surface area contributed by atoms with Crippen LogP contribution in [-0.4, -0.2) is 11.2 Å². The molecule has 0 aromatic carbocycles. The Morgan fingerprint density at radius 3 is 2.62 bits per heavy atom. The van der Waals surface area contributed by atoms with Crippen LogP contribution in [0, 0.1) is 22.7 Å². The molecule has 1 saturated carbocycles. The van der Waals surface area contributed by atoms with Gasteiger partial charge in [-0.25, -0.2) is 0 Å². The van der Waals surface area contributed by atoms with E-state index in [0.29, 0.717) is 11.8 Å². The predicted octanol–water partition coefficient (Wildman–Crippen LogP) is 3.78. The summed E-state index contributed by atoms with van der Waals surface area (Å²) >= 11 is 0. The molecule has 0 aromatic rings. The largest absolute Gasteiger partial charge is 0.392 e. The Kier molecular flexibility index (Phi) is 2.94. The lowest BCUT2D eigenvalue weighted by Gasteiger charge is -2.47. The number of allylic oxidation sites excluding steroid dienone is 2. The maximum absolute atomic E-state index is 10.9. The van der Waals surface area contributed by atoms with Gasteiger partial charge in [0, 0.05) is 5.41 Å². The fraction of sp³-hybridized carbons (Fsp3) is 0.867. The van der Waals surface area contributed by atoms with Gasteiger partial charge < -0.3 is 5.11 Å². The van der Waals surface area contributed by atoms with Gasteiger partial charge >= 0.3 is 0 Å². The Morgan fingerprint density at radius 1 is 1.31 bits per heavy atom. The number of hydrogen-bond acceptors (Lipinski definition) is 1. The fourth-order valence-electron chi connectivity index (χ4n) is 4.26. The minimum Gasteiger partial charge on any atom is -0.392 e. The number of hydrogen-bond donors (Lipinski definition) is 1.